The molecule has 4 heterocycles. The van der Waals surface area contributed by atoms with Gasteiger partial charge in [-0.1, -0.05) is 0 Å². The highest BCUT2D eigenvalue weighted by atomic mass is 16.3. The quantitative estimate of drug-likeness (QED) is 0.816. The number of anilines is 2. The van der Waals surface area contributed by atoms with E-state index in [9.17, 15) is 4.79 Å². The number of nitrogens with two attached hydrogens (primary N) is 1. The van der Waals surface area contributed by atoms with E-state index in [-0.39, 0.29) is 5.91 Å². The first-order valence-electron chi connectivity index (χ1n) is 9.15. The molecule has 2 aliphatic heterocycles. The summed E-state index contributed by atoms with van der Waals surface area (Å²) in [7, 11) is 0. The standard InChI is InChI=1S/C18H24N6O2/c19-18-21-15-3-6-20-5-2-14(15)16(22-18)23-7-1-8-24(10-9-23)17(25)13-4-11-26-12-13/h4,11-12,20H,1-3,5-10H2,(H2,19,21,22). The van der Waals surface area contributed by atoms with Gasteiger partial charge in [0, 0.05) is 44.7 Å². The molecule has 0 unspecified atom stereocenters. The molecule has 2 aliphatic rings. The first-order chi connectivity index (χ1) is 12.7. The maximum absolute atomic E-state index is 12.6. The van der Waals surface area contributed by atoms with Crippen molar-refractivity contribution < 1.29 is 9.21 Å². The highest BCUT2D eigenvalue weighted by Crippen LogP contribution is 2.25. The monoisotopic (exact) mass is 356 g/mol. The fourth-order valence-corrected chi connectivity index (χ4v) is 3.71. The minimum atomic E-state index is 0.0193. The lowest BCUT2D eigenvalue weighted by Gasteiger charge is -2.25. The van der Waals surface area contributed by atoms with E-state index >= 15 is 0 Å². The number of nitrogens with one attached hydrogen (secondary N) is 1. The number of hydrogen-bond donors (Lipinski definition) is 2. The summed E-state index contributed by atoms with van der Waals surface area (Å²) in [5, 5.41) is 3.40. The van der Waals surface area contributed by atoms with Gasteiger partial charge in [0.15, 0.2) is 0 Å². The van der Waals surface area contributed by atoms with Crippen LogP contribution in [-0.2, 0) is 12.8 Å². The Hall–Kier alpha value is -2.61. The van der Waals surface area contributed by atoms with E-state index in [1.54, 1.807) is 6.07 Å². The van der Waals surface area contributed by atoms with Gasteiger partial charge >= 0.3 is 0 Å². The second kappa shape index (κ2) is 7.33. The van der Waals surface area contributed by atoms with Crippen molar-refractivity contribution in [3.63, 3.8) is 0 Å². The first-order valence-corrected chi connectivity index (χ1v) is 9.15. The van der Waals surface area contributed by atoms with E-state index in [2.05, 4.69) is 20.2 Å². The van der Waals surface area contributed by atoms with Crippen LogP contribution in [0.3, 0.4) is 0 Å². The number of carbonyl (C=O) groups excluding carboxylic acids is 1. The van der Waals surface area contributed by atoms with E-state index in [1.807, 2.05) is 4.90 Å². The van der Waals surface area contributed by atoms with Crippen LogP contribution in [0.2, 0.25) is 0 Å². The normalized spacial score (nSPS) is 18.2. The van der Waals surface area contributed by atoms with Gasteiger partial charge in [-0.25, -0.2) is 4.98 Å². The van der Waals surface area contributed by atoms with Gasteiger partial charge in [-0.15, -0.1) is 0 Å². The third-order valence-electron chi connectivity index (χ3n) is 5.03. The summed E-state index contributed by atoms with van der Waals surface area (Å²) >= 11 is 0. The van der Waals surface area contributed by atoms with Crippen LogP contribution >= 0.6 is 0 Å². The lowest BCUT2D eigenvalue weighted by Crippen LogP contribution is -2.35. The zero-order valence-corrected chi connectivity index (χ0v) is 14.8. The van der Waals surface area contributed by atoms with Crippen molar-refractivity contribution in [2.24, 2.45) is 0 Å². The van der Waals surface area contributed by atoms with Gasteiger partial charge in [0.1, 0.15) is 12.1 Å². The molecule has 26 heavy (non-hydrogen) atoms. The molecule has 8 heteroatoms. The molecule has 0 saturated carbocycles. The van der Waals surface area contributed by atoms with Crippen LogP contribution in [-0.4, -0.2) is 60.0 Å². The Balaban J connectivity index is 1.54. The number of rotatable bonds is 2. The van der Waals surface area contributed by atoms with Crippen LogP contribution in [0.5, 0.6) is 0 Å². The summed E-state index contributed by atoms with van der Waals surface area (Å²) in [5.41, 5.74) is 8.82. The molecule has 3 N–H and O–H groups in total. The summed E-state index contributed by atoms with van der Waals surface area (Å²) in [6.07, 6.45) is 5.70. The molecule has 0 radical (unpaired) electrons. The van der Waals surface area contributed by atoms with Crippen molar-refractivity contribution in [3.05, 3.63) is 35.4 Å². The number of fused-ring (bicyclic) bond motifs is 1. The Morgan fingerprint density at radius 1 is 1.15 bits per heavy atom. The molecular weight excluding hydrogens is 332 g/mol. The first kappa shape index (κ1) is 16.8. The van der Waals surface area contributed by atoms with E-state index in [1.165, 1.54) is 18.1 Å². The lowest BCUT2D eigenvalue weighted by atomic mass is 10.1. The van der Waals surface area contributed by atoms with Crippen LogP contribution < -0.4 is 16.0 Å². The van der Waals surface area contributed by atoms with Crippen LogP contribution in [0.15, 0.2) is 23.0 Å². The molecule has 0 bridgehead atoms. The third kappa shape index (κ3) is 3.37. The van der Waals surface area contributed by atoms with Crippen molar-refractivity contribution in [3.8, 4) is 0 Å². The van der Waals surface area contributed by atoms with Crippen molar-refractivity contribution in [1.29, 1.82) is 0 Å². The Labute approximate surface area is 152 Å². The number of hydrogen-bond acceptors (Lipinski definition) is 7. The van der Waals surface area contributed by atoms with Gasteiger partial charge in [0.25, 0.3) is 5.91 Å². The number of nitrogens with zero attached hydrogens (tertiary/aromatic N) is 4. The molecule has 1 fully saturated rings. The van der Waals surface area contributed by atoms with Gasteiger partial charge in [0.05, 0.1) is 17.5 Å². The van der Waals surface area contributed by atoms with Crippen molar-refractivity contribution in [2.45, 2.75) is 19.3 Å². The van der Waals surface area contributed by atoms with E-state index < -0.39 is 0 Å². The fraction of sp³-hybridized carbons (Fsp3) is 0.500. The van der Waals surface area contributed by atoms with Gasteiger partial charge in [-0.05, 0) is 25.5 Å². The molecule has 0 aliphatic carbocycles. The van der Waals surface area contributed by atoms with Crippen molar-refractivity contribution in [1.82, 2.24) is 20.2 Å². The summed E-state index contributed by atoms with van der Waals surface area (Å²) in [6, 6.07) is 1.71. The molecule has 4 rings (SSSR count). The minimum Gasteiger partial charge on any atom is -0.472 e. The molecule has 0 aromatic carbocycles. The summed E-state index contributed by atoms with van der Waals surface area (Å²) in [5.74, 6) is 1.29. The van der Waals surface area contributed by atoms with E-state index in [0.29, 0.717) is 18.1 Å². The largest absolute Gasteiger partial charge is 0.472 e. The molecule has 1 amide bonds. The van der Waals surface area contributed by atoms with Gasteiger partial charge in [-0.3, -0.25) is 4.79 Å². The second-order valence-electron chi connectivity index (χ2n) is 6.73. The maximum Gasteiger partial charge on any atom is 0.257 e. The summed E-state index contributed by atoms with van der Waals surface area (Å²) in [6.45, 7) is 4.80. The SMILES string of the molecule is Nc1nc2c(c(N3CCCN(C(=O)c4ccoc4)CC3)n1)CCNCC2. The highest BCUT2D eigenvalue weighted by molar-refractivity contribution is 5.93. The molecule has 2 aromatic heterocycles. The topological polar surface area (TPSA) is 101 Å². The average molecular weight is 356 g/mol. The molecule has 2 aromatic rings. The fourth-order valence-electron chi connectivity index (χ4n) is 3.71. The number of aromatic nitrogens is 2. The van der Waals surface area contributed by atoms with Gasteiger partial charge in [0.2, 0.25) is 5.95 Å². The molecular formula is C18H24N6O2. The summed E-state index contributed by atoms with van der Waals surface area (Å²) < 4.78 is 5.04. The highest BCUT2D eigenvalue weighted by Gasteiger charge is 2.25. The zero-order chi connectivity index (χ0) is 17.9. The Morgan fingerprint density at radius 3 is 2.88 bits per heavy atom. The molecule has 8 nitrogen and oxygen atoms in total. The van der Waals surface area contributed by atoms with E-state index in [0.717, 1.165) is 63.5 Å². The molecule has 1 saturated heterocycles. The molecule has 138 valence electrons. The number of amides is 1. The molecule has 0 spiro atoms. The second-order valence-corrected chi connectivity index (χ2v) is 6.73. The van der Waals surface area contributed by atoms with Gasteiger partial charge in [-0.2, -0.15) is 4.98 Å². The van der Waals surface area contributed by atoms with E-state index in [4.69, 9.17) is 10.2 Å². The number of nitrogen functional groups attached to an aromatic ring is 1. The smallest absolute Gasteiger partial charge is 0.257 e. The number of furan rings is 1. The number of carbonyl (C=O) groups is 1. The third-order valence-corrected chi connectivity index (χ3v) is 5.03. The molecule has 0 atom stereocenters. The zero-order valence-electron chi connectivity index (χ0n) is 14.8. The minimum absolute atomic E-state index is 0.0193. The van der Waals surface area contributed by atoms with Gasteiger partial charge < -0.3 is 25.3 Å². The maximum atomic E-state index is 12.6. The predicted octanol–water partition coefficient (Wildman–Crippen LogP) is 0.692. The predicted molar refractivity (Wildman–Crippen MR) is 98.2 cm³/mol. The average Bonchev–Trinajstić information content (AvgIpc) is 2.92. The van der Waals surface area contributed by atoms with Crippen molar-refractivity contribution in [2.75, 3.05) is 49.9 Å². The Bertz CT molecular complexity index is 776. The van der Waals surface area contributed by atoms with Crippen LogP contribution in [0.25, 0.3) is 0 Å². The lowest BCUT2D eigenvalue weighted by molar-refractivity contribution is 0.0766. The van der Waals surface area contributed by atoms with Crippen LogP contribution in [0, 0.1) is 0 Å². The van der Waals surface area contributed by atoms with Crippen LogP contribution in [0.1, 0.15) is 28.0 Å². The van der Waals surface area contributed by atoms with Crippen molar-refractivity contribution >= 4 is 17.7 Å². The van der Waals surface area contributed by atoms with Crippen LogP contribution in [0.4, 0.5) is 11.8 Å². The Kier molecular flexibility index (Phi) is 4.75. The Morgan fingerprint density at radius 2 is 2.04 bits per heavy atom. The summed E-state index contributed by atoms with van der Waals surface area (Å²) in [4.78, 5) is 25.7.